The Bertz CT molecular complexity index is 781. The summed E-state index contributed by atoms with van der Waals surface area (Å²) < 4.78 is 52.9. The summed E-state index contributed by atoms with van der Waals surface area (Å²) >= 11 is 5.78. The summed E-state index contributed by atoms with van der Waals surface area (Å²) in [5, 5.41) is 9.12. The molecule has 112 valence electrons. The van der Waals surface area contributed by atoms with E-state index in [2.05, 4.69) is 4.72 Å². The Balaban J connectivity index is 2.48. The molecule has 4 nitrogen and oxygen atoms in total. The Morgan fingerprint density at radius 3 is 2.38 bits per heavy atom. The summed E-state index contributed by atoms with van der Waals surface area (Å²) in [6, 6.07) is 6.10. The molecule has 0 radical (unpaired) electrons. The van der Waals surface area contributed by atoms with Crippen molar-refractivity contribution in [1.82, 2.24) is 0 Å². The van der Waals surface area contributed by atoms with E-state index in [0.717, 1.165) is 30.3 Å². The maximum Gasteiger partial charge on any atom is 0.262 e. The average molecular weight is 334 g/mol. The SMILES string of the molecule is O=S(=O)(Nc1cc(F)ccc1Cl)c1cc(F)ccc1CO. The molecule has 2 rings (SSSR count). The molecule has 8 heteroatoms. The highest BCUT2D eigenvalue weighted by molar-refractivity contribution is 7.92. The number of hydrogen-bond acceptors (Lipinski definition) is 3. The van der Waals surface area contributed by atoms with Crippen molar-refractivity contribution in [3.63, 3.8) is 0 Å². The van der Waals surface area contributed by atoms with Crippen molar-refractivity contribution in [3.05, 3.63) is 58.6 Å². The van der Waals surface area contributed by atoms with E-state index < -0.39 is 33.2 Å². The van der Waals surface area contributed by atoms with Crippen LogP contribution >= 0.6 is 11.6 Å². The second-order valence-corrected chi connectivity index (χ2v) is 6.20. The van der Waals surface area contributed by atoms with Crippen molar-refractivity contribution in [2.45, 2.75) is 11.5 Å². The van der Waals surface area contributed by atoms with Crippen LogP contribution in [0.5, 0.6) is 0 Å². The van der Waals surface area contributed by atoms with Gasteiger partial charge in [-0.1, -0.05) is 17.7 Å². The lowest BCUT2D eigenvalue weighted by Gasteiger charge is -2.12. The smallest absolute Gasteiger partial charge is 0.262 e. The average Bonchev–Trinajstić information content (AvgIpc) is 2.42. The third-order valence-electron chi connectivity index (χ3n) is 2.66. The topological polar surface area (TPSA) is 66.4 Å². The Morgan fingerprint density at radius 2 is 1.71 bits per heavy atom. The first-order chi connectivity index (χ1) is 9.83. The fraction of sp³-hybridized carbons (Fsp3) is 0.0769. The first-order valence-corrected chi connectivity index (χ1v) is 7.57. The maximum absolute atomic E-state index is 13.2. The molecule has 0 aliphatic carbocycles. The summed E-state index contributed by atoms with van der Waals surface area (Å²) in [6.45, 7) is -0.590. The lowest BCUT2D eigenvalue weighted by atomic mass is 10.2. The number of aliphatic hydroxyl groups excluding tert-OH is 1. The van der Waals surface area contributed by atoms with E-state index >= 15 is 0 Å². The highest BCUT2D eigenvalue weighted by Crippen LogP contribution is 2.27. The third kappa shape index (κ3) is 3.49. The number of nitrogens with one attached hydrogen (secondary N) is 1. The summed E-state index contributed by atoms with van der Waals surface area (Å²) in [5.74, 6) is -1.46. The van der Waals surface area contributed by atoms with Crippen molar-refractivity contribution >= 4 is 27.3 Å². The molecule has 0 saturated heterocycles. The molecule has 0 aliphatic rings. The van der Waals surface area contributed by atoms with E-state index in [0.29, 0.717) is 0 Å². The van der Waals surface area contributed by atoms with Gasteiger partial charge in [-0.05, 0) is 35.9 Å². The van der Waals surface area contributed by atoms with Crippen molar-refractivity contribution in [2.75, 3.05) is 4.72 Å². The summed E-state index contributed by atoms with van der Waals surface area (Å²) in [4.78, 5) is -0.440. The molecule has 0 saturated carbocycles. The van der Waals surface area contributed by atoms with Gasteiger partial charge in [-0.2, -0.15) is 0 Å². The van der Waals surface area contributed by atoms with Crippen LogP contribution in [0.4, 0.5) is 14.5 Å². The van der Waals surface area contributed by atoms with Crippen molar-refractivity contribution in [1.29, 1.82) is 0 Å². The van der Waals surface area contributed by atoms with Gasteiger partial charge in [0.1, 0.15) is 11.6 Å². The largest absolute Gasteiger partial charge is 0.392 e. The monoisotopic (exact) mass is 333 g/mol. The first kappa shape index (κ1) is 15.7. The van der Waals surface area contributed by atoms with E-state index in [1.54, 1.807) is 0 Å². The number of rotatable bonds is 4. The standard InChI is InChI=1S/C13H10ClF2NO3S/c14-11-4-3-9(15)5-12(11)17-21(19,20)13-6-10(16)2-1-8(13)7-18/h1-6,17-18H,7H2. The predicted octanol–water partition coefficient (Wildman–Crippen LogP) is 2.91. The molecule has 2 aromatic carbocycles. The molecule has 0 heterocycles. The molecular weight excluding hydrogens is 324 g/mol. The molecular formula is C13H10ClF2NO3S. The highest BCUT2D eigenvalue weighted by Gasteiger charge is 2.20. The fourth-order valence-corrected chi connectivity index (χ4v) is 3.22. The summed E-state index contributed by atoms with van der Waals surface area (Å²) in [5.41, 5.74) is -0.166. The van der Waals surface area contributed by atoms with Crippen LogP contribution in [0.3, 0.4) is 0 Å². The van der Waals surface area contributed by atoms with E-state index in [9.17, 15) is 17.2 Å². The quantitative estimate of drug-likeness (QED) is 0.904. The van der Waals surface area contributed by atoms with E-state index in [1.165, 1.54) is 6.07 Å². The van der Waals surface area contributed by atoms with Crippen LogP contribution in [0.15, 0.2) is 41.3 Å². The predicted molar refractivity (Wildman–Crippen MR) is 74.5 cm³/mol. The van der Waals surface area contributed by atoms with E-state index in [4.69, 9.17) is 16.7 Å². The molecule has 0 unspecified atom stereocenters. The zero-order chi connectivity index (χ0) is 15.6. The Labute approximate surface area is 125 Å². The van der Waals surface area contributed by atoms with Crippen LogP contribution < -0.4 is 4.72 Å². The van der Waals surface area contributed by atoms with Gasteiger partial charge in [-0.15, -0.1) is 0 Å². The van der Waals surface area contributed by atoms with Gasteiger partial charge in [0.2, 0.25) is 0 Å². The fourth-order valence-electron chi connectivity index (χ4n) is 1.68. The van der Waals surface area contributed by atoms with Crippen LogP contribution in [-0.4, -0.2) is 13.5 Å². The lowest BCUT2D eigenvalue weighted by molar-refractivity contribution is 0.278. The summed E-state index contributed by atoms with van der Waals surface area (Å²) in [6.07, 6.45) is 0. The Hall–Kier alpha value is -1.70. The number of sulfonamides is 1. The minimum Gasteiger partial charge on any atom is -0.392 e. The number of anilines is 1. The Morgan fingerprint density at radius 1 is 1.10 bits per heavy atom. The number of aliphatic hydroxyl groups is 1. The van der Waals surface area contributed by atoms with E-state index in [-0.39, 0.29) is 16.3 Å². The van der Waals surface area contributed by atoms with Gasteiger partial charge in [-0.3, -0.25) is 4.72 Å². The number of benzene rings is 2. The number of halogens is 3. The van der Waals surface area contributed by atoms with Crippen LogP contribution in [-0.2, 0) is 16.6 Å². The molecule has 21 heavy (non-hydrogen) atoms. The second-order valence-electron chi connectivity index (χ2n) is 4.14. The molecule has 2 N–H and O–H groups in total. The van der Waals surface area contributed by atoms with Gasteiger partial charge in [0, 0.05) is 0 Å². The molecule has 2 aromatic rings. The molecule has 0 amide bonds. The van der Waals surface area contributed by atoms with Gasteiger partial charge >= 0.3 is 0 Å². The van der Waals surface area contributed by atoms with Crippen molar-refractivity contribution in [2.24, 2.45) is 0 Å². The van der Waals surface area contributed by atoms with Crippen LogP contribution in [0, 0.1) is 11.6 Å². The lowest BCUT2D eigenvalue weighted by Crippen LogP contribution is -2.16. The third-order valence-corrected chi connectivity index (χ3v) is 4.44. The molecule has 0 fully saturated rings. The molecule has 0 spiro atoms. The molecule has 0 atom stereocenters. The number of hydrogen-bond donors (Lipinski definition) is 2. The maximum atomic E-state index is 13.2. The van der Waals surface area contributed by atoms with Crippen LogP contribution in [0.2, 0.25) is 5.02 Å². The highest BCUT2D eigenvalue weighted by atomic mass is 35.5. The van der Waals surface area contributed by atoms with Crippen LogP contribution in [0.1, 0.15) is 5.56 Å². The van der Waals surface area contributed by atoms with Crippen molar-refractivity contribution < 1.29 is 22.3 Å². The van der Waals surface area contributed by atoms with Gasteiger partial charge in [0.05, 0.1) is 22.2 Å². The van der Waals surface area contributed by atoms with E-state index in [1.807, 2.05) is 0 Å². The van der Waals surface area contributed by atoms with Crippen molar-refractivity contribution in [3.8, 4) is 0 Å². The zero-order valence-electron chi connectivity index (χ0n) is 10.5. The van der Waals surface area contributed by atoms with Gasteiger partial charge in [0.15, 0.2) is 0 Å². The molecule has 0 aromatic heterocycles. The first-order valence-electron chi connectivity index (χ1n) is 5.70. The zero-order valence-corrected chi connectivity index (χ0v) is 12.0. The molecule has 0 bridgehead atoms. The minimum absolute atomic E-state index is 0.0106. The summed E-state index contributed by atoms with van der Waals surface area (Å²) in [7, 11) is -4.22. The second kappa shape index (κ2) is 5.97. The van der Waals surface area contributed by atoms with Crippen LogP contribution in [0.25, 0.3) is 0 Å². The van der Waals surface area contributed by atoms with Gasteiger partial charge < -0.3 is 5.11 Å². The Kier molecular flexibility index (Phi) is 4.46. The normalized spacial score (nSPS) is 11.4. The molecule has 0 aliphatic heterocycles. The minimum atomic E-state index is -4.22. The van der Waals surface area contributed by atoms with Gasteiger partial charge in [0.25, 0.3) is 10.0 Å². The van der Waals surface area contributed by atoms with Gasteiger partial charge in [-0.25, -0.2) is 17.2 Å².